The fourth-order valence-corrected chi connectivity index (χ4v) is 5.26. The van der Waals surface area contributed by atoms with Crippen molar-refractivity contribution in [1.82, 2.24) is 0 Å². The van der Waals surface area contributed by atoms with E-state index in [1.807, 2.05) is 0 Å². The van der Waals surface area contributed by atoms with E-state index in [1.165, 1.54) is 57.8 Å². The molecule has 0 amide bonds. The van der Waals surface area contributed by atoms with Gasteiger partial charge in [0.15, 0.2) is 0 Å². The van der Waals surface area contributed by atoms with E-state index in [1.54, 1.807) is 0 Å². The molecule has 0 heteroatoms. The molecule has 0 aromatic carbocycles. The third-order valence-corrected chi connectivity index (χ3v) is 7.13. The molecule has 0 aliphatic rings. The van der Waals surface area contributed by atoms with E-state index in [9.17, 15) is 0 Å². The van der Waals surface area contributed by atoms with Gasteiger partial charge in [0.05, 0.1) is 0 Å². The highest BCUT2D eigenvalue weighted by Crippen LogP contribution is 2.22. The molecule has 0 radical (unpaired) electrons. The fraction of sp³-hybridized carbons (Fsp3) is 1.00. The van der Waals surface area contributed by atoms with Crippen LogP contribution in [0.4, 0.5) is 0 Å². The van der Waals surface area contributed by atoms with E-state index in [0.29, 0.717) is 0 Å². The van der Waals surface area contributed by atoms with Gasteiger partial charge in [-0.2, -0.15) is 0 Å². The minimum absolute atomic E-state index is 0. The topological polar surface area (TPSA) is 0 Å². The Balaban J connectivity index is -0.00000000951. The summed E-state index contributed by atoms with van der Waals surface area (Å²) in [5.41, 5.74) is 0. The highest BCUT2D eigenvalue weighted by molar-refractivity contribution is 4.61. The normalized spacial score (nSPS) is 10.3. The van der Waals surface area contributed by atoms with Crippen LogP contribution in [-0.4, -0.2) is 0 Å². The zero-order chi connectivity index (χ0) is 26.6. The molecule has 6 atom stereocenters. The standard InChI is InChI=1S/3C11H24.21CH4/c3*1-6-10(4)8-11(5)7-9(2)3;;;;;;;;;;;;;;;;;;;;;/h3*9-11H,6-8H2,1-5H3;21*1H4. The van der Waals surface area contributed by atoms with Gasteiger partial charge in [0.25, 0.3) is 0 Å². The molecular formula is C54H156. The van der Waals surface area contributed by atoms with Crippen molar-refractivity contribution >= 4 is 0 Å². The van der Waals surface area contributed by atoms with Crippen molar-refractivity contribution in [2.45, 2.75) is 318 Å². The fourth-order valence-electron chi connectivity index (χ4n) is 5.26. The molecule has 0 nitrogen and oxygen atoms in total. The summed E-state index contributed by atoms with van der Waals surface area (Å²) in [7, 11) is 0. The number of hydrogen-bond donors (Lipinski definition) is 0. The zero-order valence-corrected chi connectivity index (χ0v) is 26.6. The van der Waals surface area contributed by atoms with Crippen molar-refractivity contribution in [1.29, 1.82) is 0 Å². The molecule has 0 heterocycles. The van der Waals surface area contributed by atoms with E-state index in [0.717, 1.165) is 53.3 Å². The van der Waals surface area contributed by atoms with E-state index in [4.69, 9.17) is 0 Å². The van der Waals surface area contributed by atoms with Gasteiger partial charge in [-0.1, -0.05) is 279 Å². The molecule has 0 saturated heterocycles. The van der Waals surface area contributed by atoms with Gasteiger partial charge >= 0.3 is 0 Å². The summed E-state index contributed by atoms with van der Waals surface area (Å²) in [5, 5.41) is 0. The van der Waals surface area contributed by atoms with Gasteiger partial charge in [0.2, 0.25) is 0 Å². The predicted octanol–water partition coefficient (Wildman–Crippen LogP) is 25.7. The first-order chi connectivity index (χ1) is 15.2. The van der Waals surface area contributed by atoms with Crippen molar-refractivity contribution in [2.75, 3.05) is 0 Å². The van der Waals surface area contributed by atoms with Crippen LogP contribution < -0.4 is 0 Å². The first-order valence-electron chi connectivity index (χ1n) is 15.2. The van der Waals surface area contributed by atoms with Gasteiger partial charge in [0, 0.05) is 0 Å². The van der Waals surface area contributed by atoms with Crippen LogP contribution in [-0.2, 0) is 0 Å². The van der Waals surface area contributed by atoms with Crippen molar-refractivity contribution in [3.05, 3.63) is 0 Å². The van der Waals surface area contributed by atoms with Gasteiger partial charge in [-0.15, -0.1) is 0 Å². The Bertz CT molecular complexity index is 309. The third-order valence-electron chi connectivity index (χ3n) is 7.13. The smallest absolute Gasteiger partial charge is 0.0438 e. The van der Waals surface area contributed by atoms with Gasteiger partial charge < -0.3 is 0 Å². The molecule has 0 bridgehead atoms. The van der Waals surface area contributed by atoms with Crippen molar-refractivity contribution < 1.29 is 0 Å². The van der Waals surface area contributed by atoms with Crippen molar-refractivity contribution in [3.63, 3.8) is 0 Å². The van der Waals surface area contributed by atoms with Crippen molar-refractivity contribution in [3.8, 4) is 0 Å². The molecule has 0 fully saturated rings. The van der Waals surface area contributed by atoms with Crippen molar-refractivity contribution in [2.24, 2.45) is 53.3 Å². The monoisotopic (exact) mass is 805 g/mol. The summed E-state index contributed by atoms with van der Waals surface area (Å²) in [5.74, 6) is 8.13. The summed E-state index contributed by atoms with van der Waals surface area (Å²) in [4.78, 5) is 0. The summed E-state index contributed by atoms with van der Waals surface area (Å²) >= 11 is 0. The second kappa shape index (κ2) is 111. The van der Waals surface area contributed by atoms with Crippen LogP contribution in [0.25, 0.3) is 0 Å². The lowest BCUT2D eigenvalue weighted by Gasteiger charge is -2.17. The Morgan fingerprint density at radius 1 is 0.185 bits per heavy atom. The van der Waals surface area contributed by atoms with Crippen LogP contribution >= 0.6 is 0 Å². The van der Waals surface area contributed by atoms with E-state index in [-0.39, 0.29) is 156 Å². The number of rotatable bonds is 15. The SMILES string of the molecule is C.C.C.C.C.C.C.C.C.C.C.C.C.C.C.C.C.C.C.C.C.CCC(C)CC(C)CC(C)C.CCC(C)CC(C)CC(C)C.CCC(C)CC(C)CC(C)C. The Hall–Kier alpha value is 0. The summed E-state index contributed by atoms with van der Waals surface area (Å²) in [6.07, 6.45) is 12.4. The van der Waals surface area contributed by atoms with Gasteiger partial charge in [-0.05, 0) is 91.8 Å². The molecule has 0 aliphatic heterocycles. The van der Waals surface area contributed by atoms with Crippen LogP contribution in [0.5, 0.6) is 0 Å². The average molecular weight is 806 g/mol. The molecular weight excluding hydrogens is 649 g/mol. The molecule has 0 saturated carbocycles. The van der Waals surface area contributed by atoms with Crippen LogP contribution in [0.3, 0.4) is 0 Å². The average Bonchev–Trinajstić information content (AvgIpc) is 2.66. The van der Waals surface area contributed by atoms with E-state index >= 15 is 0 Å². The largest absolute Gasteiger partial charge is 0.0776 e. The maximum Gasteiger partial charge on any atom is -0.0438 e. The second-order valence-electron chi connectivity index (χ2n) is 13.5. The van der Waals surface area contributed by atoms with Crippen LogP contribution in [0, 0.1) is 53.3 Å². The molecule has 0 N–H and O–H groups in total. The molecule has 0 aliphatic carbocycles. The summed E-state index contributed by atoms with van der Waals surface area (Å²) in [6.45, 7) is 34.9. The summed E-state index contributed by atoms with van der Waals surface area (Å²) < 4.78 is 0. The minimum Gasteiger partial charge on any atom is -0.0776 e. The first kappa shape index (κ1) is 169. The lowest BCUT2D eigenvalue weighted by atomic mass is 9.89. The molecule has 6 unspecified atom stereocenters. The quantitative estimate of drug-likeness (QED) is 0.155. The first-order valence-corrected chi connectivity index (χ1v) is 15.2. The molecule has 0 spiro atoms. The summed E-state index contributed by atoms with van der Waals surface area (Å²) in [6, 6.07) is 0. The lowest BCUT2D eigenvalue weighted by molar-refractivity contribution is 0.349. The van der Waals surface area contributed by atoms with Gasteiger partial charge in [0.1, 0.15) is 0 Å². The maximum absolute atomic E-state index is 2.38. The third kappa shape index (κ3) is 150. The van der Waals surface area contributed by atoms with Gasteiger partial charge in [-0.25, -0.2) is 0 Å². The molecule has 0 aromatic rings. The molecule has 54 heavy (non-hydrogen) atoms. The minimum atomic E-state index is 0. The zero-order valence-electron chi connectivity index (χ0n) is 26.6. The maximum atomic E-state index is 2.38. The van der Waals surface area contributed by atoms with E-state index in [2.05, 4.69) is 104 Å². The Labute approximate surface area is 369 Å². The predicted molar refractivity (Wildman–Crippen MR) is 299 cm³/mol. The Kier molecular flexibility index (Phi) is 345. The van der Waals surface area contributed by atoms with E-state index < -0.39 is 0 Å². The molecule has 0 aromatic heterocycles. The Morgan fingerprint density at radius 3 is 0.370 bits per heavy atom. The Morgan fingerprint density at radius 2 is 0.296 bits per heavy atom. The second-order valence-corrected chi connectivity index (χ2v) is 13.5. The van der Waals surface area contributed by atoms with Crippen LogP contribution in [0.15, 0.2) is 0 Å². The van der Waals surface area contributed by atoms with Crippen LogP contribution in [0.1, 0.15) is 318 Å². The lowest BCUT2D eigenvalue weighted by Crippen LogP contribution is -2.05. The highest BCUT2D eigenvalue weighted by Gasteiger charge is 2.10. The number of hydrogen-bond acceptors (Lipinski definition) is 0. The van der Waals surface area contributed by atoms with Crippen LogP contribution in [0.2, 0.25) is 0 Å². The molecule has 372 valence electrons. The highest BCUT2D eigenvalue weighted by atomic mass is 14.2. The molecule has 0 rings (SSSR count). The van der Waals surface area contributed by atoms with Gasteiger partial charge in [-0.3, -0.25) is 0 Å².